The van der Waals surface area contributed by atoms with E-state index < -0.39 is 9.84 Å². The number of nitrogens with zero attached hydrogens (tertiary/aromatic N) is 1. The van der Waals surface area contributed by atoms with Crippen molar-refractivity contribution in [3.63, 3.8) is 0 Å². The van der Waals surface area contributed by atoms with E-state index >= 15 is 0 Å². The lowest BCUT2D eigenvalue weighted by molar-refractivity contribution is 0.585. The van der Waals surface area contributed by atoms with E-state index in [-0.39, 0.29) is 17.5 Å². The molecule has 0 radical (unpaired) electrons. The summed E-state index contributed by atoms with van der Waals surface area (Å²) in [4.78, 5) is 2.16. The highest BCUT2D eigenvalue weighted by Crippen LogP contribution is 2.30. The van der Waals surface area contributed by atoms with Crippen LogP contribution in [-0.2, 0) is 9.84 Å². The van der Waals surface area contributed by atoms with Gasteiger partial charge in [0.15, 0.2) is 9.84 Å². The number of hydrogen-bond donors (Lipinski definition) is 1. The Morgan fingerprint density at radius 1 is 1.32 bits per heavy atom. The molecule has 19 heavy (non-hydrogen) atoms. The fourth-order valence-electron chi connectivity index (χ4n) is 2.27. The van der Waals surface area contributed by atoms with Gasteiger partial charge in [-0.1, -0.05) is 22.0 Å². The zero-order chi connectivity index (χ0) is 14.0. The topological polar surface area (TPSA) is 49.4 Å². The van der Waals surface area contributed by atoms with Gasteiger partial charge in [0.2, 0.25) is 0 Å². The van der Waals surface area contributed by atoms with Gasteiger partial charge in [0, 0.05) is 29.3 Å². The molecule has 1 saturated heterocycles. The minimum Gasteiger partial charge on any atom is -0.369 e. The first-order chi connectivity index (χ1) is 8.93. The molecule has 1 heterocycles. The first-order valence-electron chi connectivity index (χ1n) is 6.35. The van der Waals surface area contributed by atoms with Crippen LogP contribution in [0, 0.1) is 0 Å². The van der Waals surface area contributed by atoms with Crippen molar-refractivity contribution < 1.29 is 8.42 Å². The minimum absolute atomic E-state index is 0.238. The van der Waals surface area contributed by atoms with Crippen LogP contribution in [0.15, 0.2) is 22.7 Å². The summed E-state index contributed by atoms with van der Waals surface area (Å²) in [5.41, 5.74) is 2.32. The Labute approximate surface area is 123 Å². The van der Waals surface area contributed by atoms with Gasteiger partial charge in [0.1, 0.15) is 0 Å². The van der Waals surface area contributed by atoms with Gasteiger partial charge in [0.25, 0.3) is 0 Å². The Hall–Kier alpha value is -0.590. The van der Waals surface area contributed by atoms with Gasteiger partial charge in [-0.3, -0.25) is 0 Å². The highest BCUT2D eigenvalue weighted by atomic mass is 79.9. The van der Waals surface area contributed by atoms with Crippen LogP contribution in [0.2, 0.25) is 0 Å². The lowest BCUT2D eigenvalue weighted by Gasteiger charge is -2.32. The van der Waals surface area contributed by atoms with E-state index in [4.69, 9.17) is 0 Å². The van der Waals surface area contributed by atoms with Crippen molar-refractivity contribution in [1.82, 2.24) is 5.32 Å². The lowest BCUT2D eigenvalue weighted by Crippen LogP contribution is -2.41. The van der Waals surface area contributed by atoms with Crippen LogP contribution < -0.4 is 10.2 Å². The van der Waals surface area contributed by atoms with Gasteiger partial charge in [-0.25, -0.2) is 8.42 Å². The molecule has 106 valence electrons. The number of benzene rings is 1. The average molecular weight is 347 g/mol. The molecular formula is C13H19BrN2O2S. The molecule has 1 atom stereocenters. The summed E-state index contributed by atoms with van der Waals surface area (Å²) in [7, 11) is -0.914. The molecule has 1 aliphatic heterocycles. The van der Waals surface area contributed by atoms with Crippen molar-refractivity contribution >= 4 is 31.5 Å². The maximum absolute atomic E-state index is 11.5. The highest BCUT2D eigenvalue weighted by Gasteiger charge is 2.24. The van der Waals surface area contributed by atoms with Crippen molar-refractivity contribution in [1.29, 1.82) is 0 Å². The number of nitrogens with one attached hydrogen (secondary N) is 1. The SMILES string of the molecule is CNC(C)c1ccc(Br)cc1N1CCS(=O)(=O)CC1. The molecule has 0 spiro atoms. The van der Waals surface area contributed by atoms with Crippen molar-refractivity contribution in [3.05, 3.63) is 28.2 Å². The Kier molecular flexibility index (Phi) is 4.53. The molecule has 1 aromatic rings. The quantitative estimate of drug-likeness (QED) is 0.908. The van der Waals surface area contributed by atoms with Crippen molar-refractivity contribution in [2.45, 2.75) is 13.0 Å². The Bertz CT molecular complexity index is 546. The second kappa shape index (κ2) is 5.81. The zero-order valence-electron chi connectivity index (χ0n) is 11.2. The van der Waals surface area contributed by atoms with Crippen LogP contribution in [0.4, 0.5) is 5.69 Å². The van der Waals surface area contributed by atoms with E-state index in [0.29, 0.717) is 13.1 Å². The normalized spacial score (nSPS) is 20.3. The number of halogens is 1. The van der Waals surface area contributed by atoms with E-state index in [9.17, 15) is 8.42 Å². The first-order valence-corrected chi connectivity index (χ1v) is 8.96. The first kappa shape index (κ1) is 14.8. The predicted molar refractivity (Wildman–Crippen MR) is 82.5 cm³/mol. The third kappa shape index (κ3) is 3.49. The third-order valence-electron chi connectivity index (χ3n) is 3.58. The zero-order valence-corrected chi connectivity index (χ0v) is 13.6. The molecule has 0 amide bonds. The Morgan fingerprint density at radius 3 is 2.53 bits per heavy atom. The molecule has 0 aromatic heterocycles. The molecule has 0 bridgehead atoms. The van der Waals surface area contributed by atoms with Gasteiger partial charge < -0.3 is 10.2 Å². The van der Waals surface area contributed by atoms with Gasteiger partial charge >= 0.3 is 0 Å². The number of hydrogen-bond acceptors (Lipinski definition) is 4. The van der Waals surface area contributed by atoms with Crippen LogP contribution in [0.5, 0.6) is 0 Å². The molecule has 6 heteroatoms. The molecule has 0 saturated carbocycles. The fraction of sp³-hybridized carbons (Fsp3) is 0.538. The number of rotatable bonds is 3. The maximum atomic E-state index is 11.5. The van der Waals surface area contributed by atoms with Crippen LogP contribution >= 0.6 is 15.9 Å². The van der Waals surface area contributed by atoms with E-state index in [1.807, 2.05) is 13.1 Å². The van der Waals surface area contributed by atoms with Crippen molar-refractivity contribution in [2.75, 3.05) is 36.5 Å². The standard InChI is InChI=1S/C13H19BrN2O2S/c1-10(15-2)12-4-3-11(14)9-13(12)16-5-7-19(17,18)8-6-16/h3-4,9-10,15H,5-8H2,1-2H3. The van der Waals surface area contributed by atoms with Crippen molar-refractivity contribution in [2.24, 2.45) is 0 Å². The monoisotopic (exact) mass is 346 g/mol. The number of anilines is 1. The third-order valence-corrected chi connectivity index (χ3v) is 5.68. The van der Waals surface area contributed by atoms with Crippen LogP contribution in [0.1, 0.15) is 18.5 Å². The average Bonchev–Trinajstić information content (AvgIpc) is 2.38. The summed E-state index contributed by atoms with van der Waals surface area (Å²) in [6, 6.07) is 6.42. The summed E-state index contributed by atoms with van der Waals surface area (Å²) in [5.74, 6) is 0.486. The van der Waals surface area contributed by atoms with Gasteiger partial charge in [-0.15, -0.1) is 0 Å². The smallest absolute Gasteiger partial charge is 0.153 e. The van der Waals surface area contributed by atoms with Gasteiger partial charge in [-0.05, 0) is 31.7 Å². The molecule has 1 fully saturated rings. The summed E-state index contributed by atoms with van der Waals surface area (Å²) >= 11 is 3.49. The molecule has 4 nitrogen and oxygen atoms in total. The summed E-state index contributed by atoms with van der Waals surface area (Å²) in [6.45, 7) is 3.25. The summed E-state index contributed by atoms with van der Waals surface area (Å²) in [6.07, 6.45) is 0. The predicted octanol–water partition coefficient (Wildman–Crippen LogP) is 1.96. The molecule has 0 aliphatic carbocycles. The second-order valence-corrected chi connectivity index (χ2v) is 8.07. The second-order valence-electron chi connectivity index (χ2n) is 4.85. The van der Waals surface area contributed by atoms with Crippen LogP contribution in [0.25, 0.3) is 0 Å². The lowest BCUT2D eigenvalue weighted by atomic mass is 10.1. The van der Waals surface area contributed by atoms with Gasteiger partial charge in [-0.2, -0.15) is 0 Å². The largest absolute Gasteiger partial charge is 0.369 e. The summed E-state index contributed by atoms with van der Waals surface area (Å²) in [5, 5.41) is 3.24. The van der Waals surface area contributed by atoms with E-state index in [2.05, 4.69) is 45.2 Å². The molecule has 1 unspecified atom stereocenters. The highest BCUT2D eigenvalue weighted by molar-refractivity contribution is 9.10. The molecule has 1 aliphatic rings. The number of sulfone groups is 1. The molecular weight excluding hydrogens is 328 g/mol. The van der Waals surface area contributed by atoms with Crippen LogP contribution in [-0.4, -0.2) is 40.1 Å². The molecule has 2 rings (SSSR count). The molecule has 1 N–H and O–H groups in total. The minimum atomic E-state index is -2.84. The molecule has 1 aromatic carbocycles. The Morgan fingerprint density at radius 2 is 1.95 bits per heavy atom. The Balaban J connectivity index is 2.31. The maximum Gasteiger partial charge on any atom is 0.153 e. The van der Waals surface area contributed by atoms with Gasteiger partial charge in [0.05, 0.1) is 11.5 Å². The van der Waals surface area contributed by atoms with E-state index in [0.717, 1.165) is 10.2 Å². The van der Waals surface area contributed by atoms with Crippen LogP contribution in [0.3, 0.4) is 0 Å². The fourth-order valence-corrected chi connectivity index (χ4v) is 3.82. The van der Waals surface area contributed by atoms with E-state index in [1.54, 1.807) is 0 Å². The van der Waals surface area contributed by atoms with E-state index in [1.165, 1.54) is 5.56 Å². The summed E-state index contributed by atoms with van der Waals surface area (Å²) < 4.78 is 24.1. The van der Waals surface area contributed by atoms with Crippen molar-refractivity contribution in [3.8, 4) is 0 Å².